The van der Waals surface area contributed by atoms with Crippen molar-refractivity contribution in [3.8, 4) is 0 Å². The maximum absolute atomic E-state index is 3.70. The normalized spacial score (nSPS) is 29.6. The minimum absolute atomic E-state index is 0.800. The molecule has 3 atom stereocenters. The van der Waals surface area contributed by atoms with Crippen LogP contribution in [0.2, 0.25) is 0 Å². The molecular formula is C17H25NS. The average molecular weight is 275 g/mol. The van der Waals surface area contributed by atoms with Crippen LogP contribution < -0.4 is 5.32 Å². The van der Waals surface area contributed by atoms with Crippen molar-refractivity contribution in [2.75, 3.05) is 12.3 Å². The Bertz CT molecular complexity index is 417. The first-order valence-corrected chi connectivity index (χ1v) is 8.80. The van der Waals surface area contributed by atoms with Gasteiger partial charge in [0.05, 0.1) is 0 Å². The molecule has 104 valence electrons. The minimum atomic E-state index is 0.800. The number of thioether (sulfide) groups is 1. The Morgan fingerprint density at radius 1 is 1.26 bits per heavy atom. The fraction of sp³-hybridized carbons (Fsp3) is 0.647. The van der Waals surface area contributed by atoms with Gasteiger partial charge in [0.1, 0.15) is 0 Å². The second-order valence-corrected chi connectivity index (χ2v) is 7.17. The molecule has 1 aliphatic heterocycles. The third-order valence-corrected chi connectivity index (χ3v) is 5.89. The molecule has 1 saturated carbocycles. The Hall–Kier alpha value is -0.470. The smallest absolute Gasteiger partial charge is 0.0107 e. The highest BCUT2D eigenvalue weighted by Crippen LogP contribution is 2.44. The van der Waals surface area contributed by atoms with Gasteiger partial charge in [0.25, 0.3) is 0 Å². The van der Waals surface area contributed by atoms with Crippen molar-refractivity contribution in [2.45, 2.75) is 55.9 Å². The van der Waals surface area contributed by atoms with Crippen molar-refractivity contribution in [1.29, 1.82) is 0 Å². The van der Waals surface area contributed by atoms with Crippen molar-refractivity contribution in [3.63, 3.8) is 0 Å². The molecule has 1 aromatic rings. The molecule has 0 spiro atoms. The number of rotatable bonds is 5. The van der Waals surface area contributed by atoms with Gasteiger partial charge in [0, 0.05) is 16.7 Å². The number of benzene rings is 1. The summed E-state index contributed by atoms with van der Waals surface area (Å²) < 4.78 is 0. The number of hydrogen-bond acceptors (Lipinski definition) is 2. The van der Waals surface area contributed by atoms with Gasteiger partial charge in [-0.25, -0.2) is 0 Å². The Kier molecular flexibility index (Phi) is 4.49. The maximum atomic E-state index is 3.70. The molecule has 0 aromatic heterocycles. The zero-order chi connectivity index (χ0) is 13.1. The summed E-state index contributed by atoms with van der Waals surface area (Å²) in [6.07, 6.45) is 6.91. The molecule has 1 N–H and O–H groups in total. The van der Waals surface area contributed by atoms with E-state index in [0.717, 1.165) is 17.9 Å². The summed E-state index contributed by atoms with van der Waals surface area (Å²) in [7, 11) is 0. The Morgan fingerprint density at radius 2 is 2.16 bits per heavy atom. The van der Waals surface area contributed by atoms with Crippen molar-refractivity contribution >= 4 is 11.8 Å². The van der Waals surface area contributed by atoms with Gasteiger partial charge in [-0.05, 0) is 62.1 Å². The van der Waals surface area contributed by atoms with E-state index in [2.05, 4.69) is 48.3 Å². The fourth-order valence-electron chi connectivity index (χ4n) is 3.65. The molecule has 2 aliphatic rings. The molecule has 2 heteroatoms. The SMILES string of the molecule is CCCNC1CCC(CC2CSc3ccccc32)C1. The number of nitrogens with one attached hydrogen (secondary N) is 1. The first kappa shape index (κ1) is 13.5. The van der Waals surface area contributed by atoms with Crippen LogP contribution in [0.5, 0.6) is 0 Å². The van der Waals surface area contributed by atoms with Crippen molar-refractivity contribution < 1.29 is 0 Å². The minimum Gasteiger partial charge on any atom is -0.314 e. The lowest BCUT2D eigenvalue weighted by atomic mass is 9.89. The summed E-state index contributed by atoms with van der Waals surface area (Å²) in [5, 5.41) is 3.70. The van der Waals surface area contributed by atoms with Crippen molar-refractivity contribution in [1.82, 2.24) is 5.32 Å². The first-order valence-electron chi connectivity index (χ1n) is 7.82. The van der Waals surface area contributed by atoms with E-state index in [0.29, 0.717) is 0 Å². The summed E-state index contributed by atoms with van der Waals surface area (Å²) in [5.41, 5.74) is 1.62. The van der Waals surface area contributed by atoms with Gasteiger partial charge in [-0.15, -0.1) is 11.8 Å². The monoisotopic (exact) mass is 275 g/mol. The molecule has 19 heavy (non-hydrogen) atoms. The molecule has 1 aliphatic carbocycles. The lowest BCUT2D eigenvalue weighted by Gasteiger charge is -2.17. The molecule has 0 bridgehead atoms. The zero-order valence-corrected chi connectivity index (χ0v) is 12.7. The van der Waals surface area contributed by atoms with Crippen LogP contribution in [-0.4, -0.2) is 18.3 Å². The highest BCUT2D eigenvalue weighted by atomic mass is 32.2. The van der Waals surface area contributed by atoms with E-state index >= 15 is 0 Å². The molecule has 1 fully saturated rings. The van der Waals surface area contributed by atoms with Crippen molar-refractivity contribution in [2.24, 2.45) is 5.92 Å². The summed E-state index contributed by atoms with van der Waals surface area (Å²) >= 11 is 2.06. The summed E-state index contributed by atoms with van der Waals surface area (Å²) in [4.78, 5) is 1.53. The quantitative estimate of drug-likeness (QED) is 0.853. The van der Waals surface area contributed by atoms with Crippen LogP contribution in [0.1, 0.15) is 50.5 Å². The molecule has 1 aromatic carbocycles. The highest BCUT2D eigenvalue weighted by molar-refractivity contribution is 7.99. The summed E-state index contributed by atoms with van der Waals surface area (Å²) in [6, 6.07) is 9.82. The molecule has 1 heterocycles. The maximum Gasteiger partial charge on any atom is 0.0107 e. The van der Waals surface area contributed by atoms with E-state index in [4.69, 9.17) is 0 Å². The van der Waals surface area contributed by atoms with Crippen LogP contribution in [0.4, 0.5) is 0 Å². The van der Waals surface area contributed by atoms with Gasteiger partial charge < -0.3 is 5.32 Å². The van der Waals surface area contributed by atoms with E-state index < -0.39 is 0 Å². The van der Waals surface area contributed by atoms with E-state index in [1.165, 1.54) is 49.3 Å². The van der Waals surface area contributed by atoms with Crippen LogP contribution in [0, 0.1) is 5.92 Å². The Labute approximate surface area is 121 Å². The van der Waals surface area contributed by atoms with Gasteiger partial charge in [0.2, 0.25) is 0 Å². The molecule has 3 rings (SSSR count). The van der Waals surface area contributed by atoms with Gasteiger partial charge in [-0.3, -0.25) is 0 Å². The van der Waals surface area contributed by atoms with Crippen LogP contribution in [0.3, 0.4) is 0 Å². The van der Waals surface area contributed by atoms with Gasteiger partial charge in [0.15, 0.2) is 0 Å². The Morgan fingerprint density at radius 3 is 3.05 bits per heavy atom. The molecule has 0 saturated heterocycles. The standard InChI is InChI=1S/C17H25NS/c1-2-9-18-15-8-7-13(11-15)10-14-12-19-17-6-4-3-5-16(14)17/h3-6,13-15,18H,2,7-12H2,1H3. The van der Waals surface area contributed by atoms with Crippen LogP contribution >= 0.6 is 11.8 Å². The highest BCUT2D eigenvalue weighted by Gasteiger charge is 2.30. The van der Waals surface area contributed by atoms with E-state index in [-0.39, 0.29) is 0 Å². The van der Waals surface area contributed by atoms with Gasteiger partial charge in [-0.1, -0.05) is 25.1 Å². The second kappa shape index (κ2) is 6.32. The molecular weight excluding hydrogens is 250 g/mol. The number of hydrogen-bond donors (Lipinski definition) is 1. The second-order valence-electron chi connectivity index (χ2n) is 6.11. The third kappa shape index (κ3) is 3.17. The van der Waals surface area contributed by atoms with Gasteiger partial charge in [-0.2, -0.15) is 0 Å². The molecule has 1 nitrogen and oxygen atoms in total. The molecule has 0 radical (unpaired) electrons. The average Bonchev–Trinajstić information content (AvgIpc) is 3.05. The van der Waals surface area contributed by atoms with E-state index in [1.54, 1.807) is 5.56 Å². The van der Waals surface area contributed by atoms with Crippen LogP contribution in [0.25, 0.3) is 0 Å². The third-order valence-electron chi connectivity index (χ3n) is 4.64. The summed E-state index contributed by atoms with van der Waals surface area (Å²) in [6.45, 7) is 3.45. The summed E-state index contributed by atoms with van der Waals surface area (Å²) in [5.74, 6) is 3.07. The molecule has 0 amide bonds. The predicted octanol–water partition coefficient (Wildman–Crippen LogP) is 4.43. The van der Waals surface area contributed by atoms with Crippen molar-refractivity contribution in [3.05, 3.63) is 29.8 Å². The number of fused-ring (bicyclic) bond motifs is 1. The van der Waals surface area contributed by atoms with E-state index in [1.807, 2.05) is 0 Å². The largest absolute Gasteiger partial charge is 0.314 e. The van der Waals surface area contributed by atoms with Crippen LogP contribution in [-0.2, 0) is 0 Å². The first-order chi connectivity index (χ1) is 9.36. The zero-order valence-electron chi connectivity index (χ0n) is 11.9. The topological polar surface area (TPSA) is 12.0 Å². The van der Waals surface area contributed by atoms with Crippen LogP contribution in [0.15, 0.2) is 29.2 Å². The lowest BCUT2D eigenvalue weighted by Crippen LogP contribution is -2.27. The van der Waals surface area contributed by atoms with Gasteiger partial charge >= 0.3 is 0 Å². The molecule has 3 unspecified atom stereocenters. The fourth-order valence-corrected chi connectivity index (χ4v) is 4.92. The Balaban J connectivity index is 1.53. The van der Waals surface area contributed by atoms with E-state index in [9.17, 15) is 0 Å². The lowest BCUT2D eigenvalue weighted by molar-refractivity contribution is 0.439. The predicted molar refractivity (Wildman–Crippen MR) is 83.9 cm³/mol.